The van der Waals surface area contributed by atoms with Crippen LogP contribution in [0.25, 0.3) is 0 Å². The molecule has 0 amide bonds. The first kappa shape index (κ1) is 19.4. The van der Waals surface area contributed by atoms with Crippen molar-refractivity contribution in [1.82, 2.24) is 4.72 Å². The van der Waals surface area contributed by atoms with Crippen molar-refractivity contribution in [3.05, 3.63) is 23.8 Å². The number of nitrogens with one attached hydrogen (secondary N) is 1. The summed E-state index contributed by atoms with van der Waals surface area (Å²) in [7, 11) is -7.30. The molecule has 24 heavy (non-hydrogen) atoms. The Morgan fingerprint density at radius 2 is 1.79 bits per heavy atom. The molecule has 0 spiro atoms. The zero-order chi connectivity index (χ0) is 18.0. The highest BCUT2D eigenvalue weighted by molar-refractivity contribution is 7.91. The third-order valence-corrected chi connectivity index (χ3v) is 7.40. The fraction of sp³-hybridized carbons (Fsp3) is 0.625. The average Bonchev–Trinajstić information content (AvgIpc) is 2.52. The molecule has 1 unspecified atom stereocenters. The van der Waals surface area contributed by atoms with Gasteiger partial charge >= 0.3 is 0 Å². The van der Waals surface area contributed by atoms with Gasteiger partial charge in [-0.1, -0.05) is 25.3 Å². The van der Waals surface area contributed by atoms with Gasteiger partial charge in [-0.2, -0.15) is 0 Å². The molecule has 0 aliphatic heterocycles. The lowest BCUT2D eigenvalue weighted by Gasteiger charge is -2.30. The van der Waals surface area contributed by atoms with Crippen LogP contribution in [0.4, 0.5) is 0 Å². The normalized spacial score (nSPS) is 18.5. The summed E-state index contributed by atoms with van der Waals surface area (Å²) < 4.78 is 51.7. The molecule has 0 bridgehead atoms. The van der Waals surface area contributed by atoms with Crippen LogP contribution < -0.4 is 10.5 Å². The highest BCUT2D eigenvalue weighted by atomic mass is 32.2. The van der Waals surface area contributed by atoms with Crippen molar-refractivity contribution in [2.75, 3.05) is 12.8 Å². The van der Waals surface area contributed by atoms with E-state index in [1.807, 2.05) is 0 Å². The molecule has 136 valence electrons. The Morgan fingerprint density at radius 1 is 1.17 bits per heavy atom. The summed E-state index contributed by atoms with van der Waals surface area (Å²) in [6.07, 6.45) is 6.35. The molecule has 0 heterocycles. The molecule has 1 saturated carbocycles. The van der Waals surface area contributed by atoms with E-state index in [1.165, 1.54) is 24.6 Å². The van der Waals surface area contributed by atoms with E-state index in [9.17, 15) is 16.8 Å². The molecule has 1 aliphatic carbocycles. The van der Waals surface area contributed by atoms with Crippen LogP contribution >= 0.6 is 0 Å². The molecule has 1 aliphatic rings. The molecule has 2 rings (SSSR count). The van der Waals surface area contributed by atoms with Crippen molar-refractivity contribution < 1.29 is 16.8 Å². The molecule has 6 nitrogen and oxygen atoms in total. The number of sulfone groups is 1. The largest absolute Gasteiger partial charge is 0.329 e. The smallest absolute Gasteiger partial charge is 0.241 e. The Bertz CT molecular complexity index is 782. The second-order valence-corrected chi connectivity index (χ2v) is 10.3. The van der Waals surface area contributed by atoms with Crippen molar-refractivity contribution in [1.29, 1.82) is 0 Å². The van der Waals surface area contributed by atoms with Crippen molar-refractivity contribution in [3.63, 3.8) is 0 Å². The highest BCUT2D eigenvalue weighted by Crippen LogP contribution is 2.28. The summed E-state index contributed by atoms with van der Waals surface area (Å²) in [6.45, 7) is 1.88. The minimum Gasteiger partial charge on any atom is -0.329 e. The number of hydrogen-bond donors (Lipinski definition) is 2. The van der Waals surface area contributed by atoms with Crippen molar-refractivity contribution in [3.8, 4) is 0 Å². The van der Waals surface area contributed by atoms with Gasteiger partial charge in [0.15, 0.2) is 9.84 Å². The summed E-state index contributed by atoms with van der Waals surface area (Å²) in [6, 6.07) is 3.84. The van der Waals surface area contributed by atoms with Gasteiger partial charge in [0.1, 0.15) is 0 Å². The van der Waals surface area contributed by atoms with Gasteiger partial charge in [-0.15, -0.1) is 0 Å². The maximum absolute atomic E-state index is 12.8. The fourth-order valence-corrected chi connectivity index (χ4v) is 5.55. The maximum Gasteiger partial charge on any atom is 0.241 e. The summed E-state index contributed by atoms with van der Waals surface area (Å²) in [5, 5.41) is 0. The summed E-state index contributed by atoms with van der Waals surface area (Å²) in [4.78, 5) is -0.00451. The van der Waals surface area contributed by atoms with E-state index in [0.717, 1.165) is 31.9 Å². The van der Waals surface area contributed by atoms with Gasteiger partial charge < -0.3 is 5.73 Å². The first-order valence-electron chi connectivity index (χ1n) is 8.18. The topological polar surface area (TPSA) is 106 Å². The molecular weight excluding hydrogens is 348 g/mol. The van der Waals surface area contributed by atoms with Gasteiger partial charge in [-0.25, -0.2) is 21.6 Å². The van der Waals surface area contributed by atoms with Crippen LogP contribution in [0, 0.1) is 12.8 Å². The highest BCUT2D eigenvalue weighted by Gasteiger charge is 2.28. The Morgan fingerprint density at radius 3 is 2.33 bits per heavy atom. The summed E-state index contributed by atoms with van der Waals surface area (Å²) in [5.41, 5.74) is 6.31. The van der Waals surface area contributed by atoms with E-state index >= 15 is 0 Å². The monoisotopic (exact) mass is 374 g/mol. The SMILES string of the molecule is Cc1ccc(S(C)(=O)=O)cc1S(=O)(=O)NC(CN)C1CCCCC1. The van der Waals surface area contributed by atoms with Gasteiger partial charge in [0.25, 0.3) is 0 Å². The Balaban J connectivity index is 2.32. The van der Waals surface area contributed by atoms with Crippen LogP contribution in [-0.4, -0.2) is 35.7 Å². The minimum atomic E-state index is -3.83. The molecule has 1 aromatic rings. The molecule has 0 saturated heterocycles. The zero-order valence-corrected chi connectivity index (χ0v) is 15.8. The predicted octanol–water partition coefficient (Wildman–Crippen LogP) is 1.58. The van der Waals surface area contributed by atoms with Crippen LogP contribution in [-0.2, 0) is 19.9 Å². The third kappa shape index (κ3) is 4.56. The first-order chi connectivity index (χ1) is 11.1. The molecule has 0 aromatic heterocycles. The number of nitrogens with two attached hydrogens (primary N) is 1. The van der Waals surface area contributed by atoms with Gasteiger partial charge in [-0.3, -0.25) is 0 Å². The van der Waals surface area contributed by atoms with E-state index in [-0.39, 0.29) is 28.3 Å². The van der Waals surface area contributed by atoms with E-state index in [0.29, 0.717) is 5.56 Å². The number of hydrogen-bond acceptors (Lipinski definition) is 5. The van der Waals surface area contributed by atoms with Crippen molar-refractivity contribution in [2.24, 2.45) is 11.7 Å². The maximum atomic E-state index is 12.8. The zero-order valence-electron chi connectivity index (χ0n) is 14.2. The van der Waals surface area contributed by atoms with E-state index < -0.39 is 19.9 Å². The predicted molar refractivity (Wildman–Crippen MR) is 94.0 cm³/mol. The quantitative estimate of drug-likeness (QED) is 0.786. The van der Waals surface area contributed by atoms with Gasteiger partial charge in [-0.05, 0) is 43.4 Å². The summed E-state index contributed by atoms with van der Waals surface area (Å²) >= 11 is 0. The Labute approximate surface area is 144 Å². The lowest BCUT2D eigenvalue weighted by molar-refractivity contribution is 0.294. The van der Waals surface area contributed by atoms with Crippen LogP contribution in [0.5, 0.6) is 0 Å². The van der Waals surface area contributed by atoms with Crippen LogP contribution in [0.2, 0.25) is 0 Å². The van der Waals surface area contributed by atoms with Crippen molar-refractivity contribution >= 4 is 19.9 Å². The van der Waals surface area contributed by atoms with Gasteiger partial charge in [0, 0.05) is 18.8 Å². The van der Waals surface area contributed by atoms with E-state index in [4.69, 9.17) is 5.73 Å². The number of rotatable bonds is 6. The number of aryl methyl sites for hydroxylation is 1. The number of benzene rings is 1. The molecular formula is C16H26N2O4S2. The third-order valence-electron chi connectivity index (χ3n) is 4.66. The standard InChI is InChI=1S/C16H26N2O4S2/c1-12-8-9-14(23(2,19)20)10-16(12)24(21,22)18-15(11-17)13-6-4-3-5-7-13/h8-10,13,15,18H,3-7,11,17H2,1-2H3. The lowest BCUT2D eigenvalue weighted by atomic mass is 9.84. The van der Waals surface area contributed by atoms with Gasteiger partial charge in [0.05, 0.1) is 9.79 Å². The molecule has 0 radical (unpaired) electrons. The minimum absolute atomic E-state index is 0.000292. The average molecular weight is 375 g/mol. The Kier molecular flexibility index (Phi) is 6.06. The summed E-state index contributed by atoms with van der Waals surface area (Å²) in [5.74, 6) is 0.233. The Hall–Kier alpha value is -0.960. The van der Waals surface area contributed by atoms with Crippen LogP contribution in [0.1, 0.15) is 37.7 Å². The molecule has 1 aromatic carbocycles. The molecule has 1 fully saturated rings. The van der Waals surface area contributed by atoms with Crippen molar-refractivity contribution in [2.45, 2.75) is 54.9 Å². The van der Waals surface area contributed by atoms with E-state index in [2.05, 4.69) is 4.72 Å². The molecule has 1 atom stereocenters. The lowest BCUT2D eigenvalue weighted by Crippen LogP contribution is -2.45. The molecule has 8 heteroatoms. The van der Waals surface area contributed by atoms with Crippen LogP contribution in [0.3, 0.4) is 0 Å². The number of sulfonamides is 1. The first-order valence-corrected chi connectivity index (χ1v) is 11.6. The fourth-order valence-electron chi connectivity index (χ4n) is 3.24. The second-order valence-electron chi connectivity index (χ2n) is 6.56. The van der Waals surface area contributed by atoms with E-state index in [1.54, 1.807) is 6.92 Å². The van der Waals surface area contributed by atoms with Gasteiger partial charge in [0.2, 0.25) is 10.0 Å². The van der Waals surface area contributed by atoms with Crippen LogP contribution in [0.15, 0.2) is 28.0 Å². The molecule has 3 N–H and O–H groups in total. The second kappa shape index (κ2) is 7.51.